The normalized spacial score (nSPS) is 26.5. The zero-order valence-electron chi connectivity index (χ0n) is 15.3. The van der Waals surface area contributed by atoms with Crippen LogP contribution in [0.3, 0.4) is 0 Å². The fourth-order valence-electron chi connectivity index (χ4n) is 3.36. The van der Waals surface area contributed by atoms with Crippen molar-refractivity contribution < 1.29 is 13.2 Å². The summed E-state index contributed by atoms with van der Waals surface area (Å²) in [6, 6.07) is 0. The number of hydrogen-bond acceptors (Lipinski definition) is 4. The first-order valence-electron chi connectivity index (χ1n) is 8.23. The van der Waals surface area contributed by atoms with Crippen LogP contribution in [-0.2, 0) is 14.6 Å². The molecule has 2 aliphatic heterocycles. The minimum Gasteiger partial charge on any atom is -0.381 e. The lowest BCUT2D eigenvalue weighted by molar-refractivity contribution is -0.0669. The molecule has 2 aliphatic rings. The lowest BCUT2D eigenvalue weighted by atomic mass is 9.65. The number of nitrogens with zero attached hydrogens (tertiary/aromatic N) is 2. The van der Waals surface area contributed by atoms with Gasteiger partial charge in [-0.2, -0.15) is 0 Å². The van der Waals surface area contributed by atoms with Crippen LogP contribution < -0.4 is 5.32 Å². The van der Waals surface area contributed by atoms with Crippen molar-refractivity contribution in [2.24, 2.45) is 10.4 Å². The third-order valence-corrected chi connectivity index (χ3v) is 8.24. The van der Waals surface area contributed by atoms with Crippen LogP contribution in [0.4, 0.5) is 0 Å². The van der Waals surface area contributed by atoms with Crippen LogP contribution in [0.1, 0.15) is 40.5 Å². The number of likely N-dealkylation sites (tertiary alicyclic amines) is 1. The van der Waals surface area contributed by atoms with Gasteiger partial charge in [0.25, 0.3) is 0 Å². The molecule has 6 nitrogen and oxygen atoms in total. The summed E-state index contributed by atoms with van der Waals surface area (Å²) >= 11 is 0. The van der Waals surface area contributed by atoms with Gasteiger partial charge in [0.2, 0.25) is 0 Å². The SMILES string of the molecule is CN=C(NCC1(S(C)(=O)=O)CCOCC1)N1CC(C)(C)C1(C)C. The van der Waals surface area contributed by atoms with Gasteiger partial charge in [-0.05, 0) is 26.7 Å². The van der Waals surface area contributed by atoms with Gasteiger partial charge in [0, 0.05) is 50.6 Å². The summed E-state index contributed by atoms with van der Waals surface area (Å²) < 4.78 is 29.3. The average molecular weight is 346 g/mol. The molecule has 2 rings (SSSR count). The van der Waals surface area contributed by atoms with Gasteiger partial charge >= 0.3 is 0 Å². The zero-order chi connectivity index (χ0) is 17.5. The summed E-state index contributed by atoms with van der Waals surface area (Å²) in [6.45, 7) is 11.2. The summed E-state index contributed by atoms with van der Waals surface area (Å²) in [5, 5.41) is 3.32. The number of rotatable bonds is 3. The van der Waals surface area contributed by atoms with E-state index in [1.54, 1.807) is 7.05 Å². The minimum atomic E-state index is -3.17. The number of ether oxygens (including phenoxy) is 1. The quantitative estimate of drug-likeness (QED) is 0.616. The molecule has 7 heteroatoms. The van der Waals surface area contributed by atoms with Gasteiger partial charge in [0.05, 0.1) is 4.75 Å². The van der Waals surface area contributed by atoms with Crippen LogP contribution in [0, 0.1) is 5.41 Å². The van der Waals surface area contributed by atoms with E-state index in [-0.39, 0.29) is 11.0 Å². The average Bonchev–Trinajstić information content (AvgIpc) is 2.46. The number of aliphatic imine (C=N–C) groups is 1. The molecule has 1 N–H and O–H groups in total. The number of nitrogens with one attached hydrogen (secondary N) is 1. The zero-order valence-corrected chi connectivity index (χ0v) is 16.1. The fraction of sp³-hybridized carbons (Fsp3) is 0.938. The molecule has 2 fully saturated rings. The second-order valence-corrected chi connectivity index (χ2v) is 10.4. The molecule has 2 saturated heterocycles. The Labute approximate surface area is 140 Å². The maximum atomic E-state index is 12.3. The van der Waals surface area contributed by atoms with E-state index < -0.39 is 14.6 Å². The minimum absolute atomic E-state index is 0.0111. The molecule has 23 heavy (non-hydrogen) atoms. The standard InChI is InChI=1S/C16H31N3O3S/c1-14(2)12-19(15(14,3)4)13(17-5)18-11-16(23(6,20)21)7-9-22-10-8-16/h7-12H2,1-6H3,(H,17,18). The summed E-state index contributed by atoms with van der Waals surface area (Å²) in [6.07, 6.45) is 2.40. The van der Waals surface area contributed by atoms with Crippen molar-refractivity contribution in [1.82, 2.24) is 10.2 Å². The smallest absolute Gasteiger partial charge is 0.194 e. The first kappa shape index (κ1) is 18.5. The van der Waals surface area contributed by atoms with E-state index in [0.717, 1.165) is 12.5 Å². The molecule has 0 saturated carbocycles. The van der Waals surface area contributed by atoms with E-state index >= 15 is 0 Å². The molecule has 2 heterocycles. The van der Waals surface area contributed by atoms with Gasteiger partial charge in [0.1, 0.15) is 0 Å². The van der Waals surface area contributed by atoms with Gasteiger partial charge in [-0.15, -0.1) is 0 Å². The highest BCUT2D eigenvalue weighted by Gasteiger charge is 2.54. The Morgan fingerprint density at radius 3 is 2.17 bits per heavy atom. The first-order valence-corrected chi connectivity index (χ1v) is 10.1. The first-order chi connectivity index (χ1) is 10.5. The van der Waals surface area contributed by atoms with E-state index in [2.05, 4.69) is 42.9 Å². The van der Waals surface area contributed by atoms with Crippen LogP contribution in [-0.4, -0.2) is 69.2 Å². The summed E-state index contributed by atoms with van der Waals surface area (Å²) in [7, 11) is -1.42. The van der Waals surface area contributed by atoms with Crippen LogP contribution in [0.15, 0.2) is 4.99 Å². The van der Waals surface area contributed by atoms with Crippen LogP contribution >= 0.6 is 0 Å². The molecule has 134 valence electrons. The van der Waals surface area contributed by atoms with E-state index in [4.69, 9.17) is 4.74 Å². The fourth-order valence-corrected chi connectivity index (χ4v) is 4.60. The van der Waals surface area contributed by atoms with Gasteiger partial charge in [-0.1, -0.05) is 13.8 Å². The third kappa shape index (κ3) is 3.09. The van der Waals surface area contributed by atoms with Gasteiger partial charge < -0.3 is 15.0 Å². The van der Waals surface area contributed by atoms with Crippen LogP contribution in [0.25, 0.3) is 0 Å². The Morgan fingerprint density at radius 1 is 1.22 bits per heavy atom. The van der Waals surface area contributed by atoms with Gasteiger partial charge in [-0.3, -0.25) is 4.99 Å². The maximum absolute atomic E-state index is 12.3. The Morgan fingerprint density at radius 2 is 1.78 bits per heavy atom. The molecule has 0 spiro atoms. The van der Waals surface area contributed by atoms with E-state index in [1.165, 1.54) is 6.26 Å². The van der Waals surface area contributed by atoms with Crippen molar-refractivity contribution in [2.75, 3.05) is 39.6 Å². The van der Waals surface area contributed by atoms with Gasteiger partial charge in [-0.25, -0.2) is 8.42 Å². The molecule has 0 aromatic carbocycles. The molecule has 0 aliphatic carbocycles. The van der Waals surface area contributed by atoms with Crippen molar-refractivity contribution in [2.45, 2.75) is 50.8 Å². The number of sulfone groups is 1. The molecule has 0 aromatic heterocycles. The van der Waals surface area contributed by atoms with Gasteiger partial charge in [0.15, 0.2) is 15.8 Å². The lowest BCUT2D eigenvalue weighted by Gasteiger charge is -2.62. The number of hydrogen-bond donors (Lipinski definition) is 1. The predicted molar refractivity (Wildman–Crippen MR) is 93.6 cm³/mol. The Hall–Kier alpha value is -0.820. The van der Waals surface area contributed by atoms with Crippen molar-refractivity contribution in [3.8, 4) is 0 Å². The molecule has 0 unspecified atom stereocenters. The molecular formula is C16H31N3O3S. The van der Waals surface area contributed by atoms with E-state index in [1.807, 2.05) is 0 Å². The van der Waals surface area contributed by atoms with E-state index in [9.17, 15) is 8.42 Å². The van der Waals surface area contributed by atoms with Crippen molar-refractivity contribution in [1.29, 1.82) is 0 Å². The Kier molecular flexibility index (Phi) is 4.76. The second-order valence-electron chi connectivity index (χ2n) is 8.00. The highest BCUT2D eigenvalue weighted by molar-refractivity contribution is 7.92. The second kappa shape index (κ2) is 5.92. The Balaban J connectivity index is 2.11. The predicted octanol–water partition coefficient (Wildman–Crippen LogP) is 1.28. The van der Waals surface area contributed by atoms with Crippen LogP contribution in [0.5, 0.6) is 0 Å². The summed E-state index contributed by atoms with van der Waals surface area (Å²) in [5.41, 5.74) is 0.195. The summed E-state index contributed by atoms with van der Waals surface area (Å²) in [5.74, 6) is 0.781. The molecule has 0 amide bonds. The van der Waals surface area contributed by atoms with Crippen molar-refractivity contribution in [3.05, 3.63) is 0 Å². The van der Waals surface area contributed by atoms with E-state index in [0.29, 0.717) is 32.6 Å². The summed E-state index contributed by atoms with van der Waals surface area (Å²) in [4.78, 5) is 6.60. The number of guanidine groups is 1. The molecule has 0 bridgehead atoms. The largest absolute Gasteiger partial charge is 0.381 e. The topological polar surface area (TPSA) is 71.0 Å². The Bertz CT molecular complexity index is 575. The monoisotopic (exact) mass is 345 g/mol. The highest BCUT2D eigenvalue weighted by Crippen LogP contribution is 2.46. The van der Waals surface area contributed by atoms with Crippen LogP contribution in [0.2, 0.25) is 0 Å². The van der Waals surface area contributed by atoms with Crippen molar-refractivity contribution >= 4 is 15.8 Å². The molecular weight excluding hydrogens is 314 g/mol. The third-order valence-electron chi connectivity index (χ3n) is 6.11. The maximum Gasteiger partial charge on any atom is 0.194 e. The molecule has 0 aromatic rings. The van der Waals surface area contributed by atoms with Crippen molar-refractivity contribution in [3.63, 3.8) is 0 Å². The molecule has 0 atom stereocenters. The molecule has 0 radical (unpaired) electrons. The lowest BCUT2D eigenvalue weighted by Crippen LogP contribution is -2.73. The highest BCUT2D eigenvalue weighted by atomic mass is 32.2.